The summed E-state index contributed by atoms with van der Waals surface area (Å²) in [5.41, 5.74) is 0. The predicted octanol–water partition coefficient (Wildman–Crippen LogP) is 1.85. The van der Waals surface area contributed by atoms with Gasteiger partial charge in [0.05, 0.1) is 5.75 Å². The van der Waals surface area contributed by atoms with Gasteiger partial charge in [0.15, 0.2) is 0 Å². The zero-order valence-corrected chi connectivity index (χ0v) is 10.0. The minimum absolute atomic E-state index is 0.307. The summed E-state index contributed by atoms with van der Waals surface area (Å²) in [7, 11) is -2.95. The van der Waals surface area contributed by atoms with E-state index in [1.54, 1.807) is 4.31 Å². The second-order valence-electron chi connectivity index (χ2n) is 4.25. The van der Waals surface area contributed by atoms with Gasteiger partial charge in [-0.15, -0.1) is 0 Å². The van der Waals surface area contributed by atoms with Crippen molar-refractivity contribution in [3.8, 4) is 0 Å². The highest BCUT2D eigenvalue weighted by Gasteiger charge is 2.23. The molecule has 1 fully saturated rings. The van der Waals surface area contributed by atoms with Crippen LogP contribution in [0.2, 0.25) is 0 Å². The highest BCUT2D eigenvalue weighted by atomic mass is 32.2. The molecule has 0 spiro atoms. The molecule has 84 valence electrons. The van der Waals surface area contributed by atoms with E-state index in [2.05, 4.69) is 6.92 Å². The number of rotatable bonds is 3. The highest BCUT2D eigenvalue weighted by molar-refractivity contribution is 7.89. The Labute approximate surface area is 87.5 Å². The lowest BCUT2D eigenvalue weighted by Gasteiger charge is -2.19. The molecule has 1 heterocycles. The maximum atomic E-state index is 11.8. The SMILES string of the molecule is CCCS(=O)(=O)N1CCCC(C)CC1. The van der Waals surface area contributed by atoms with E-state index in [1.165, 1.54) is 0 Å². The molecule has 0 N–H and O–H groups in total. The second kappa shape index (κ2) is 5.12. The molecule has 1 rings (SSSR count). The zero-order chi connectivity index (χ0) is 10.6. The zero-order valence-electron chi connectivity index (χ0n) is 9.20. The summed E-state index contributed by atoms with van der Waals surface area (Å²) in [5.74, 6) is 0.985. The van der Waals surface area contributed by atoms with E-state index >= 15 is 0 Å². The van der Waals surface area contributed by atoms with Crippen LogP contribution in [0, 0.1) is 5.92 Å². The largest absolute Gasteiger partial charge is 0.214 e. The summed E-state index contributed by atoms with van der Waals surface area (Å²) in [6, 6.07) is 0. The van der Waals surface area contributed by atoms with Crippen molar-refractivity contribution in [3.63, 3.8) is 0 Å². The van der Waals surface area contributed by atoms with Crippen molar-refractivity contribution in [2.24, 2.45) is 5.92 Å². The van der Waals surface area contributed by atoms with Crippen LogP contribution in [-0.4, -0.2) is 31.6 Å². The van der Waals surface area contributed by atoms with Crippen LogP contribution in [0.15, 0.2) is 0 Å². The van der Waals surface area contributed by atoms with E-state index < -0.39 is 10.0 Å². The smallest absolute Gasteiger partial charge is 0.212 e. The van der Waals surface area contributed by atoms with Gasteiger partial charge in [0.1, 0.15) is 0 Å². The maximum Gasteiger partial charge on any atom is 0.214 e. The lowest BCUT2D eigenvalue weighted by Crippen LogP contribution is -2.33. The molecule has 3 nitrogen and oxygen atoms in total. The van der Waals surface area contributed by atoms with Crippen LogP contribution in [0.4, 0.5) is 0 Å². The van der Waals surface area contributed by atoms with Gasteiger partial charge in [-0.25, -0.2) is 12.7 Å². The van der Waals surface area contributed by atoms with Gasteiger partial charge in [-0.3, -0.25) is 0 Å². The minimum Gasteiger partial charge on any atom is -0.212 e. The van der Waals surface area contributed by atoms with E-state index in [0.29, 0.717) is 18.1 Å². The first kappa shape index (κ1) is 12.0. The van der Waals surface area contributed by atoms with E-state index in [1.807, 2.05) is 6.92 Å². The fourth-order valence-electron chi connectivity index (χ4n) is 1.90. The Hall–Kier alpha value is -0.0900. The molecule has 1 saturated heterocycles. The number of hydrogen-bond acceptors (Lipinski definition) is 2. The standard InChI is InChI=1S/C10H21NO2S/c1-3-9-14(12,13)11-7-4-5-10(2)6-8-11/h10H,3-9H2,1-2H3. The summed E-state index contributed by atoms with van der Waals surface area (Å²) < 4.78 is 25.2. The first-order valence-electron chi connectivity index (χ1n) is 5.54. The Bertz CT molecular complexity index is 261. The second-order valence-corrected chi connectivity index (χ2v) is 6.34. The Kier molecular flexibility index (Phi) is 4.38. The van der Waals surface area contributed by atoms with Crippen molar-refractivity contribution in [2.75, 3.05) is 18.8 Å². The summed E-state index contributed by atoms with van der Waals surface area (Å²) in [5, 5.41) is 0. The first-order chi connectivity index (χ1) is 6.56. The van der Waals surface area contributed by atoms with E-state index in [0.717, 1.165) is 32.4 Å². The molecule has 0 aliphatic carbocycles. The number of nitrogens with zero attached hydrogens (tertiary/aromatic N) is 1. The monoisotopic (exact) mass is 219 g/mol. The molecule has 0 radical (unpaired) electrons. The Morgan fingerprint density at radius 1 is 1.29 bits per heavy atom. The van der Waals surface area contributed by atoms with Crippen LogP contribution in [0.3, 0.4) is 0 Å². The van der Waals surface area contributed by atoms with Gasteiger partial charge >= 0.3 is 0 Å². The van der Waals surface area contributed by atoms with Crippen molar-refractivity contribution < 1.29 is 8.42 Å². The molecule has 0 bridgehead atoms. The molecule has 1 aliphatic rings. The average molecular weight is 219 g/mol. The maximum absolute atomic E-state index is 11.8. The van der Waals surface area contributed by atoms with Crippen molar-refractivity contribution in [2.45, 2.75) is 39.5 Å². The molecule has 1 atom stereocenters. The van der Waals surface area contributed by atoms with Crippen LogP contribution >= 0.6 is 0 Å². The Balaban J connectivity index is 2.59. The van der Waals surface area contributed by atoms with Gasteiger partial charge in [-0.2, -0.15) is 0 Å². The quantitative estimate of drug-likeness (QED) is 0.726. The van der Waals surface area contributed by atoms with E-state index in [-0.39, 0.29) is 0 Å². The molecule has 4 heteroatoms. The van der Waals surface area contributed by atoms with Crippen molar-refractivity contribution in [1.82, 2.24) is 4.31 Å². The first-order valence-corrected chi connectivity index (χ1v) is 7.15. The fraction of sp³-hybridized carbons (Fsp3) is 1.00. The molecule has 0 aromatic rings. The molecule has 0 aromatic heterocycles. The fourth-order valence-corrected chi connectivity index (χ4v) is 3.47. The minimum atomic E-state index is -2.95. The summed E-state index contributed by atoms with van der Waals surface area (Å²) in [6.07, 6.45) is 3.92. The average Bonchev–Trinajstić information content (AvgIpc) is 2.30. The van der Waals surface area contributed by atoms with Crippen LogP contribution < -0.4 is 0 Å². The molecular formula is C10H21NO2S. The van der Waals surface area contributed by atoms with Crippen LogP contribution in [0.25, 0.3) is 0 Å². The third-order valence-corrected chi connectivity index (χ3v) is 4.91. The van der Waals surface area contributed by atoms with Gasteiger partial charge in [0.25, 0.3) is 0 Å². The third kappa shape index (κ3) is 3.24. The lowest BCUT2D eigenvalue weighted by atomic mass is 10.0. The molecule has 0 saturated carbocycles. The van der Waals surface area contributed by atoms with Gasteiger partial charge in [-0.1, -0.05) is 13.8 Å². The van der Waals surface area contributed by atoms with Gasteiger partial charge < -0.3 is 0 Å². The van der Waals surface area contributed by atoms with Crippen molar-refractivity contribution in [1.29, 1.82) is 0 Å². The van der Waals surface area contributed by atoms with Gasteiger partial charge in [-0.05, 0) is 31.6 Å². The Morgan fingerprint density at radius 2 is 2.00 bits per heavy atom. The molecular weight excluding hydrogens is 198 g/mol. The molecule has 0 amide bonds. The molecule has 14 heavy (non-hydrogen) atoms. The van der Waals surface area contributed by atoms with Crippen LogP contribution in [0.5, 0.6) is 0 Å². The number of sulfonamides is 1. The third-order valence-electron chi connectivity index (χ3n) is 2.83. The van der Waals surface area contributed by atoms with Crippen molar-refractivity contribution in [3.05, 3.63) is 0 Å². The van der Waals surface area contributed by atoms with Crippen LogP contribution in [0.1, 0.15) is 39.5 Å². The number of hydrogen-bond donors (Lipinski definition) is 0. The topological polar surface area (TPSA) is 37.4 Å². The highest BCUT2D eigenvalue weighted by Crippen LogP contribution is 2.18. The summed E-state index contributed by atoms with van der Waals surface area (Å²) >= 11 is 0. The van der Waals surface area contributed by atoms with Gasteiger partial charge in [0, 0.05) is 13.1 Å². The molecule has 1 aliphatic heterocycles. The van der Waals surface area contributed by atoms with Crippen molar-refractivity contribution >= 4 is 10.0 Å². The Morgan fingerprint density at radius 3 is 2.64 bits per heavy atom. The normalized spacial score (nSPS) is 26.0. The van der Waals surface area contributed by atoms with E-state index in [9.17, 15) is 8.42 Å². The molecule has 0 aromatic carbocycles. The van der Waals surface area contributed by atoms with E-state index in [4.69, 9.17) is 0 Å². The lowest BCUT2D eigenvalue weighted by molar-refractivity contribution is 0.416. The summed E-state index contributed by atoms with van der Waals surface area (Å²) in [4.78, 5) is 0. The molecule has 1 unspecified atom stereocenters. The van der Waals surface area contributed by atoms with Gasteiger partial charge in [0.2, 0.25) is 10.0 Å². The predicted molar refractivity (Wildman–Crippen MR) is 58.7 cm³/mol. The van der Waals surface area contributed by atoms with Crippen LogP contribution in [-0.2, 0) is 10.0 Å². The summed E-state index contributed by atoms with van der Waals surface area (Å²) in [6.45, 7) is 5.57.